The number of rotatable bonds is 2. The van der Waals surface area contributed by atoms with Crippen LogP contribution in [0.5, 0.6) is 0 Å². The minimum Gasteiger partial charge on any atom is -0.403 e. The van der Waals surface area contributed by atoms with Gasteiger partial charge in [0.05, 0.1) is 11.2 Å². The van der Waals surface area contributed by atoms with E-state index in [4.69, 9.17) is 9.31 Å². The molecule has 0 N–H and O–H groups in total. The third-order valence-electron chi connectivity index (χ3n) is 3.84. The molecule has 2 fully saturated rings. The van der Waals surface area contributed by atoms with Crippen molar-refractivity contribution in [3.05, 3.63) is 0 Å². The summed E-state index contributed by atoms with van der Waals surface area (Å²) in [6, 6.07) is 0. The lowest BCUT2D eigenvalue weighted by atomic mass is 9.81. The SMILES string of the molecule is CC1(C)OB([C@H]2C[C@@H]2C(F)F)OC1(C)C. The molecule has 0 aromatic rings. The highest BCUT2D eigenvalue weighted by atomic mass is 19.3. The molecular weight excluding hydrogens is 201 g/mol. The molecule has 2 atom stereocenters. The lowest BCUT2D eigenvalue weighted by Gasteiger charge is -2.32. The van der Waals surface area contributed by atoms with Crippen molar-refractivity contribution in [2.45, 2.75) is 57.6 Å². The Kier molecular flexibility index (Phi) is 2.40. The molecule has 5 heteroatoms. The van der Waals surface area contributed by atoms with E-state index >= 15 is 0 Å². The molecule has 0 amide bonds. The van der Waals surface area contributed by atoms with Crippen LogP contribution in [0.1, 0.15) is 34.1 Å². The van der Waals surface area contributed by atoms with Gasteiger partial charge in [-0.05, 0) is 34.1 Å². The van der Waals surface area contributed by atoms with Crippen LogP contribution >= 0.6 is 0 Å². The third kappa shape index (κ3) is 1.80. The minimum atomic E-state index is -2.24. The van der Waals surface area contributed by atoms with Gasteiger partial charge in [0.1, 0.15) is 0 Å². The number of halogens is 2. The minimum absolute atomic E-state index is 0.119. The van der Waals surface area contributed by atoms with Crippen LogP contribution in [0.25, 0.3) is 0 Å². The van der Waals surface area contributed by atoms with Crippen molar-refractivity contribution in [1.29, 1.82) is 0 Å². The quantitative estimate of drug-likeness (QED) is 0.663. The van der Waals surface area contributed by atoms with E-state index in [2.05, 4.69) is 0 Å². The largest absolute Gasteiger partial charge is 0.461 e. The van der Waals surface area contributed by atoms with E-state index in [9.17, 15) is 8.78 Å². The molecule has 1 aliphatic carbocycles. The van der Waals surface area contributed by atoms with E-state index in [1.165, 1.54) is 0 Å². The molecule has 2 rings (SSSR count). The van der Waals surface area contributed by atoms with Crippen LogP contribution in [0.2, 0.25) is 5.82 Å². The van der Waals surface area contributed by atoms with Gasteiger partial charge in [0.2, 0.25) is 6.43 Å². The van der Waals surface area contributed by atoms with Crippen LogP contribution in [0.4, 0.5) is 8.78 Å². The number of alkyl halides is 2. The summed E-state index contributed by atoms with van der Waals surface area (Å²) in [6.45, 7) is 7.75. The molecule has 0 bridgehead atoms. The Labute approximate surface area is 89.5 Å². The summed E-state index contributed by atoms with van der Waals surface area (Å²) in [6.07, 6.45) is -1.72. The summed E-state index contributed by atoms with van der Waals surface area (Å²) < 4.78 is 36.2. The fraction of sp³-hybridized carbons (Fsp3) is 1.00. The monoisotopic (exact) mass is 218 g/mol. The van der Waals surface area contributed by atoms with Crippen molar-refractivity contribution in [1.82, 2.24) is 0 Å². The van der Waals surface area contributed by atoms with Gasteiger partial charge in [0.25, 0.3) is 0 Å². The Hall–Kier alpha value is -0.155. The molecule has 0 radical (unpaired) electrons. The molecule has 1 aliphatic heterocycles. The maximum Gasteiger partial charge on any atom is 0.461 e. The van der Waals surface area contributed by atoms with E-state index in [1.54, 1.807) is 0 Å². The Bertz CT molecular complexity index is 252. The molecule has 2 nitrogen and oxygen atoms in total. The Morgan fingerprint density at radius 3 is 1.93 bits per heavy atom. The fourth-order valence-corrected chi connectivity index (χ4v) is 1.90. The van der Waals surface area contributed by atoms with Crippen LogP contribution in [0.15, 0.2) is 0 Å². The highest BCUT2D eigenvalue weighted by Crippen LogP contribution is 2.55. The molecule has 0 unspecified atom stereocenters. The van der Waals surface area contributed by atoms with E-state index < -0.39 is 30.7 Å². The molecule has 1 heterocycles. The third-order valence-corrected chi connectivity index (χ3v) is 3.84. The highest BCUT2D eigenvalue weighted by Gasteiger charge is 2.61. The van der Waals surface area contributed by atoms with Gasteiger partial charge in [0, 0.05) is 11.7 Å². The Balaban J connectivity index is 2.00. The van der Waals surface area contributed by atoms with E-state index in [0.717, 1.165) is 0 Å². The second-order valence-electron chi connectivity index (χ2n) is 5.52. The summed E-state index contributed by atoms with van der Waals surface area (Å²) in [5.74, 6) is -0.647. The van der Waals surface area contributed by atoms with Gasteiger partial charge in [-0.1, -0.05) is 0 Å². The molecule has 1 saturated carbocycles. The summed E-state index contributed by atoms with van der Waals surface area (Å²) in [4.78, 5) is 0. The molecule has 86 valence electrons. The predicted octanol–water partition coefficient (Wildman–Crippen LogP) is 2.73. The van der Waals surface area contributed by atoms with E-state index in [-0.39, 0.29) is 5.82 Å². The van der Waals surface area contributed by atoms with Crippen molar-refractivity contribution >= 4 is 7.12 Å². The summed E-state index contributed by atoms with van der Waals surface area (Å²) in [5.41, 5.74) is -0.820. The van der Waals surface area contributed by atoms with Crippen LogP contribution in [0.3, 0.4) is 0 Å². The topological polar surface area (TPSA) is 18.5 Å². The van der Waals surface area contributed by atoms with Crippen LogP contribution in [0, 0.1) is 5.92 Å². The Morgan fingerprint density at radius 2 is 1.60 bits per heavy atom. The summed E-state index contributed by atoms with van der Waals surface area (Å²) >= 11 is 0. The highest BCUT2D eigenvalue weighted by molar-refractivity contribution is 6.48. The first kappa shape index (κ1) is 11.3. The van der Waals surface area contributed by atoms with E-state index in [0.29, 0.717) is 6.42 Å². The van der Waals surface area contributed by atoms with Gasteiger partial charge in [-0.2, -0.15) is 0 Å². The average molecular weight is 218 g/mol. The van der Waals surface area contributed by atoms with Crippen molar-refractivity contribution in [3.8, 4) is 0 Å². The van der Waals surface area contributed by atoms with Gasteiger partial charge in [0.15, 0.2) is 0 Å². The molecule has 2 aliphatic rings. The standard InChI is InChI=1S/C10H17BF2O2/c1-9(2)10(3,4)15-11(14-9)7-5-6(7)8(12)13/h6-8H,5H2,1-4H3/t6-,7-/m0/s1. The lowest BCUT2D eigenvalue weighted by molar-refractivity contribution is 0.00578. The lowest BCUT2D eigenvalue weighted by Crippen LogP contribution is -2.41. The molecule has 0 aromatic carbocycles. The molecule has 0 spiro atoms. The molecular formula is C10H17BF2O2. The first-order chi connectivity index (χ1) is 6.74. The van der Waals surface area contributed by atoms with Crippen LogP contribution in [-0.4, -0.2) is 24.7 Å². The summed E-state index contributed by atoms with van der Waals surface area (Å²) in [5, 5.41) is 0. The predicted molar refractivity (Wildman–Crippen MR) is 53.9 cm³/mol. The Morgan fingerprint density at radius 1 is 1.13 bits per heavy atom. The van der Waals surface area contributed by atoms with Crippen LogP contribution in [-0.2, 0) is 9.31 Å². The van der Waals surface area contributed by atoms with E-state index in [1.807, 2.05) is 27.7 Å². The maximum atomic E-state index is 12.4. The van der Waals surface area contributed by atoms with Crippen molar-refractivity contribution in [2.75, 3.05) is 0 Å². The first-order valence-corrected chi connectivity index (χ1v) is 5.38. The fourth-order valence-electron chi connectivity index (χ4n) is 1.90. The number of hydrogen-bond donors (Lipinski definition) is 0. The van der Waals surface area contributed by atoms with Crippen molar-refractivity contribution in [3.63, 3.8) is 0 Å². The smallest absolute Gasteiger partial charge is 0.403 e. The molecule has 0 aromatic heterocycles. The van der Waals surface area contributed by atoms with Gasteiger partial charge in [-0.25, -0.2) is 8.78 Å². The zero-order valence-electron chi connectivity index (χ0n) is 9.59. The second-order valence-corrected chi connectivity index (χ2v) is 5.52. The molecule has 15 heavy (non-hydrogen) atoms. The maximum absolute atomic E-state index is 12.4. The van der Waals surface area contributed by atoms with Crippen molar-refractivity contribution in [2.24, 2.45) is 5.92 Å². The van der Waals surface area contributed by atoms with Crippen molar-refractivity contribution < 1.29 is 18.1 Å². The van der Waals surface area contributed by atoms with Gasteiger partial charge < -0.3 is 9.31 Å². The molecule has 1 saturated heterocycles. The van der Waals surface area contributed by atoms with Gasteiger partial charge >= 0.3 is 7.12 Å². The zero-order valence-corrected chi connectivity index (χ0v) is 9.59. The zero-order chi connectivity index (χ0) is 11.4. The van der Waals surface area contributed by atoms with Gasteiger partial charge in [-0.15, -0.1) is 0 Å². The number of hydrogen-bond acceptors (Lipinski definition) is 2. The average Bonchev–Trinajstić information content (AvgIpc) is 2.75. The summed E-state index contributed by atoms with van der Waals surface area (Å²) in [7, 11) is -0.450. The second kappa shape index (κ2) is 3.17. The van der Waals surface area contributed by atoms with Crippen LogP contribution < -0.4 is 0 Å². The normalized spacial score (nSPS) is 37.4. The first-order valence-electron chi connectivity index (χ1n) is 5.38. The van der Waals surface area contributed by atoms with Gasteiger partial charge in [-0.3, -0.25) is 0 Å².